The molecule has 0 fully saturated rings. The van der Waals surface area contributed by atoms with Crippen LogP contribution in [-0.2, 0) is 20.4 Å². The van der Waals surface area contributed by atoms with Crippen molar-refractivity contribution in [3.8, 4) is 0 Å². The summed E-state index contributed by atoms with van der Waals surface area (Å²) in [5.41, 5.74) is -0.875. The van der Waals surface area contributed by atoms with Crippen molar-refractivity contribution in [3.63, 3.8) is 0 Å². The maximum Gasteiger partial charge on any atom is 0.416 e. The molecule has 0 amide bonds. The highest BCUT2D eigenvalue weighted by molar-refractivity contribution is 6.06. The van der Waals surface area contributed by atoms with Gasteiger partial charge in [-0.15, -0.1) is 0 Å². The number of allylic oxidation sites excluding steroid dienone is 2. The number of alkyl halides is 3. The molecular weight excluding hydrogens is 581 g/mol. The van der Waals surface area contributed by atoms with Crippen molar-refractivity contribution in [1.82, 2.24) is 0 Å². The average molecular weight is 637 g/mol. The van der Waals surface area contributed by atoms with Crippen LogP contribution in [-0.4, -0.2) is 57.6 Å². The Kier molecular flexibility index (Phi) is 16.2. The molecule has 0 spiro atoms. The van der Waals surface area contributed by atoms with Gasteiger partial charge in [-0.2, -0.15) is 13.2 Å². The fraction of sp³-hybridized carbons (Fsp3) is 0.667. The molecule has 2 rings (SSSR count). The lowest BCUT2D eigenvalue weighted by Crippen LogP contribution is -2.35. The van der Waals surface area contributed by atoms with Crippen LogP contribution in [0.25, 0.3) is 0 Å². The topological polar surface area (TPSA) is 71.0 Å². The van der Waals surface area contributed by atoms with Crippen LogP contribution in [0, 0.1) is 0 Å². The second-order valence-electron chi connectivity index (χ2n) is 13.2. The van der Waals surface area contributed by atoms with Gasteiger partial charge in [0.05, 0.1) is 51.4 Å². The minimum atomic E-state index is -4.69. The minimum absolute atomic E-state index is 0.0717. The number of benzene rings is 1. The number of hydrogen-bond acceptors (Lipinski definition) is 5. The highest BCUT2D eigenvalue weighted by atomic mass is 19.4. The zero-order valence-corrected chi connectivity index (χ0v) is 28.4. The van der Waals surface area contributed by atoms with Gasteiger partial charge in [0.2, 0.25) is 0 Å². The summed E-state index contributed by atoms with van der Waals surface area (Å²) in [5, 5.41) is 12.7. The number of aliphatic imine (C=N–C) groups is 1. The second-order valence-corrected chi connectivity index (χ2v) is 13.2. The van der Waals surface area contributed by atoms with Crippen LogP contribution < -0.4 is 5.11 Å². The zero-order chi connectivity index (χ0) is 33.5. The Morgan fingerprint density at radius 3 is 1.82 bits per heavy atom. The monoisotopic (exact) mass is 636 g/mol. The molecule has 0 N–H and O–H groups in total. The van der Waals surface area contributed by atoms with Gasteiger partial charge in [-0.05, 0) is 51.8 Å². The molecule has 1 aliphatic rings. The Hall–Kier alpha value is -2.81. The second kappa shape index (κ2) is 19.0. The van der Waals surface area contributed by atoms with Crippen LogP contribution in [0.3, 0.4) is 0 Å². The molecule has 9 heteroatoms. The molecule has 1 aromatic carbocycles. The van der Waals surface area contributed by atoms with Crippen LogP contribution >= 0.6 is 0 Å². The molecule has 0 radical (unpaired) electrons. The van der Waals surface area contributed by atoms with Gasteiger partial charge >= 0.3 is 12.1 Å². The number of nitrogens with zero attached hydrogens (tertiary/aromatic N) is 2. The number of hydrogen-bond donors (Lipinski definition) is 0. The third kappa shape index (κ3) is 13.2. The molecule has 6 nitrogen and oxygen atoms in total. The molecule has 0 bridgehead atoms. The number of halogens is 3. The summed E-state index contributed by atoms with van der Waals surface area (Å²) in [6.45, 7) is 4.47. The van der Waals surface area contributed by atoms with Crippen LogP contribution in [0.5, 0.6) is 0 Å². The predicted octanol–water partition coefficient (Wildman–Crippen LogP) is 8.47. The van der Waals surface area contributed by atoms with E-state index >= 15 is 0 Å². The highest BCUT2D eigenvalue weighted by Gasteiger charge is 2.41. The van der Waals surface area contributed by atoms with Crippen molar-refractivity contribution in [2.45, 2.75) is 116 Å². The maximum absolute atomic E-state index is 14.0. The fourth-order valence-electron chi connectivity index (χ4n) is 5.95. The number of carbonyl (C=O) groups is 1. The van der Waals surface area contributed by atoms with E-state index in [4.69, 9.17) is 9.47 Å². The third-order valence-corrected chi connectivity index (χ3v) is 8.35. The summed E-state index contributed by atoms with van der Waals surface area (Å²) in [6, 6.07) is 4.96. The molecule has 45 heavy (non-hydrogen) atoms. The summed E-state index contributed by atoms with van der Waals surface area (Å²) < 4.78 is 53.5. The first kappa shape index (κ1) is 38.4. The fourth-order valence-corrected chi connectivity index (χ4v) is 5.95. The van der Waals surface area contributed by atoms with Gasteiger partial charge in [-0.1, -0.05) is 88.8 Å². The van der Waals surface area contributed by atoms with Gasteiger partial charge in [-0.3, -0.25) is 4.99 Å². The molecule has 254 valence electrons. The van der Waals surface area contributed by atoms with E-state index in [2.05, 4.69) is 26.1 Å². The van der Waals surface area contributed by atoms with Gasteiger partial charge in [0.25, 0.3) is 0 Å². The quantitative estimate of drug-likeness (QED) is 0.0623. The molecule has 1 aliphatic heterocycles. The molecule has 0 aliphatic carbocycles. The van der Waals surface area contributed by atoms with E-state index in [1.165, 1.54) is 95.9 Å². The summed E-state index contributed by atoms with van der Waals surface area (Å²) in [7, 11) is 7.90. The number of methoxy groups -OCH3 is 1. The largest absolute Gasteiger partial charge is 0.616 e. The average Bonchev–Trinajstić information content (AvgIpc) is 2.96. The molecular formula is C36H55F3N2O4. The SMILES string of the molecule is CO/C([O-])=C1\C(C)=NC(C)=C(C(=O)OCCCCCCCCCCCCCCCC[N+](C)(C)C)C1c1ccccc1C(F)(F)F. The van der Waals surface area contributed by atoms with E-state index in [1.54, 1.807) is 6.92 Å². The van der Waals surface area contributed by atoms with E-state index in [-0.39, 0.29) is 34.7 Å². The molecule has 1 heterocycles. The van der Waals surface area contributed by atoms with Gasteiger partial charge in [0.15, 0.2) is 0 Å². The van der Waals surface area contributed by atoms with E-state index in [0.29, 0.717) is 6.42 Å². The maximum atomic E-state index is 14.0. The first-order valence-electron chi connectivity index (χ1n) is 16.6. The van der Waals surface area contributed by atoms with Gasteiger partial charge in [0, 0.05) is 22.9 Å². The first-order valence-corrected chi connectivity index (χ1v) is 16.6. The van der Waals surface area contributed by atoms with Crippen molar-refractivity contribution in [2.75, 3.05) is 41.4 Å². The van der Waals surface area contributed by atoms with E-state index < -0.39 is 29.6 Å². The minimum Gasteiger partial charge on any atom is -0.616 e. The van der Waals surface area contributed by atoms with E-state index in [1.807, 2.05) is 0 Å². The molecule has 0 saturated heterocycles. The summed E-state index contributed by atoms with van der Waals surface area (Å²) in [4.78, 5) is 17.6. The molecule has 0 saturated carbocycles. The lowest BCUT2D eigenvalue weighted by molar-refractivity contribution is -0.870. The van der Waals surface area contributed by atoms with Crippen LogP contribution in [0.1, 0.15) is 121 Å². The number of quaternary nitrogens is 1. The first-order chi connectivity index (χ1) is 21.3. The normalized spacial score (nSPS) is 16.9. The molecule has 1 unspecified atom stereocenters. The number of rotatable bonds is 20. The Balaban J connectivity index is 1.77. The number of carbonyl (C=O) groups excluding carboxylic acids is 1. The lowest BCUT2D eigenvalue weighted by atomic mass is 9.78. The number of unbranched alkanes of at least 4 members (excludes halogenated alkanes) is 13. The summed E-state index contributed by atoms with van der Waals surface area (Å²) in [5.74, 6) is -2.91. The third-order valence-electron chi connectivity index (χ3n) is 8.35. The summed E-state index contributed by atoms with van der Waals surface area (Å²) >= 11 is 0. The summed E-state index contributed by atoms with van der Waals surface area (Å²) in [6.07, 6.45) is 12.1. The standard InChI is InChI=1S/C36H55F3N2O4/c1-27-31(34(42)44-6)33(29-23-19-20-24-30(29)36(37,38)39)32(28(2)40-27)35(43)45-26-22-18-16-14-12-10-8-7-9-11-13-15-17-21-25-41(3,4)5/h19-20,23-24,33H,7-18,21-22,25-26H2,1-6H3. The van der Waals surface area contributed by atoms with E-state index in [0.717, 1.165) is 36.9 Å². The van der Waals surface area contributed by atoms with Crippen LogP contribution in [0.4, 0.5) is 13.2 Å². The smallest absolute Gasteiger partial charge is 0.416 e. The van der Waals surface area contributed by atoms with Crippen molar-refractivity contribution < 1.29 is 37.0 Å². The van der Waals surface area contributed by atoms with Crippen molar-refractivity contribution in [1.29, 1.82) is 0 Å². The van der Waals surface area contributed by atoms with Gasteiger partial charge in [-0.25, -0.2) is 4.79 Å². The highest BCUT2D eigenvalue weighted by Crippen LogP contribution is 2.44. The Bertz CT molecular complexity index is 1170. The zero-order valence-electron chi connectivity index (χ0n) is 28.4. The van der Waals surface area contributed by atoms with Crippen LogP contribution in [0.2, 0.25) is 0 Å². The Morgan fingerprint density at radius 2 is 1.33 bits per heavy atom. The van der Waals surface area contributed by atoms with Crippen molar-refractivity contribution in [3.05, 3.63) is 58.2 Å². The van der Waals surface area contributed by atoms with Crippen molar-refractivity contribution >= 4 is 11.7 Å². The van der Waals surface area contributed by atoms with Crippen LogP contribution in [0.15, 0.2) is 52.0 Å². The Morgan fingerprint density at radius 1 is 0.844 bits per heavy atom. The van der Waals surface area contributed by atoms with Crippen molar-refractivity contribution in [2.24, 2.45) is 4.99 Å². The number of ether oxygens (including phenoxy) is 2. The molecule has 1 aromatic rings. The van der Waals surface area contributed by atoms with E-state index in [9.17, 15) is 23.1 Å². The number of esters is 1. The lowest BCUT2D eigenvalue weighted by Gasteiger charge is -2.32. The predicted molar refractivity (Wildman–Crippen MR) is 173 cm³/mol. The van der Waals surface area contributed by atoms with Gasteiger partial charge < -0.3 is 19.1 Å². The Labute approximate surface area is 269 Å². The molecule has 1 atom stereocenters. The van der Waals surface area contributed by atoms with Gasteiger partial charge in [0.1, 0.15) is 0 Å². The molecule has 0 aromatic heterocycles.